The molecule has 8 nitrogen and oxygen atoms in total. The lowest BCUT2D eigenvalue weighted by molar-refractivity contribution is -0.0191. The van der Waals surface area contributed by atoms with Gasteiger partial charge in [0.25, 0.3) is 0 Å². The fraction of sp³-hybridized carbons (Fsp3) is 0.348. The van der Waals surface area contributed by atoms with Crippen molar-refractivity contribution in [3.63, 3.8) is 0 Å². The Morgan fingerprint density at radius 2 is 1.97 bits per heavy atom. The van der Waals surface area contributed by atoms with Crippen LogP contribution in [0.25, 0.3) is 21.9 Å². The lowest BCUT2D eigenvalue weighted by atomic mass is 9.91. The molecule has 0 unspecified atom stereocenters. The quantitative estimate of drug-likeness (QED) is 0.386. The van der Waals surface area contributed by atoms with E-state index in [0.29, 0.717) is 28.8 Å². The summed E-state index contributed by atoms with van der Waals surface area (Å²) in [4.78, 5) is 12.5. The van der Waals surface area contributed by atoms with Gasteiger partial charge in [-0.2, -0.15) is 0 Å². The number of aliphatic hydroxyl groups excluding tert-OH is 2. The summed E-state index contributed by atoms with van der Waals surface area (Å²) < 4.78 is 15.6. The van der Waals surface area contributed by atoms with Gasteiger partial charge in [-0.3, -0.25) is 0 Å². The average molecular weight is 434 g/mol. The van der Waals surface area contributed by atoms with Crippen LogP contribution in [0.1, 0.15) is 24.4 Å². The fourth-order valence-electron chi connectivity index (χ4n) is 5.68. The molecule has 0 aliphatic heterocycles. The van der Waals surface area contributed by atoms with Crippen molar-refractivity contribution in [3.8, 4) is 0 Å². The highest BCUT2D eigenvalue weighted by Crippen LogP contribution is 2.69. The van der Waals surface area contributed by atoms with Crippen LogP contribution in [0.15, 0.2) is 42.9 Å². The summed E-state index contributed by atoms with van der Waals surface area (Å²) in [6.45, 7) is 0. The zero-order valence-electron chi connectivity index (χ0n) is 17.2. The summed E-state index contributed by atoms with van der Waals surface area (Å²) in [6, 6.07) is 8.66. The number of anilines is 2. The molecule has 4 aromatic rings. The zero-order valence-corrected chi connectivity index (χ0v) is 17.2. The first kappa shape index (κ1) is 19.4. The monoisotopic (exact) mass is 434 g/mol. The maximum Gasteiger partial charge on any atom is 0.165 e. The van der Waals surface area contributed by atoms with Gasteiger partial charge in [-0.15, -0.1) is 0 Å². The molecule has 0 saturated heterocycles. The molecule has 0 radical (unpaired) electrons. The number of fused-ring (bicyclic) bond motifs is 3. The molecule has 2 fully saturated rings. The van der Waals surface area contributed by atoms with E-state index in [1.165, 1.54) is 12.4 Å². The van der Waals surface area contributed by atoms with Crippen molar-refractivity contribution >= 4 is 33.6 Å². The molecule has 3 aromatic heterocycles. The van der Waals surface area contributed by atoms with Gasteiger partial charge in [-0.05, 0) is 48.9 Å². The van der Waals surface area contributed by atoms with Crippen molar-refractivity contribution in [2.45, 2.75) is 37.5 Å². The standard InChI is InChI=1S/C23H23FN6O2/c24-15-8-12-2-1-11(7-16(12)29-21(15)26)3-5-23-9-14(23)17(18(31)19(23)32)30-6-4-13-20(25)27-10-28-22(13)30/h1-2,4,6-8,10,14,17-19,31-32H,3,5,9H2,(H2,26,29)(H2,25,27,28)/t14-,17-,18+,19+,23-/m1/s1. The van der Waals surface area contributed by atoms with Crippen molar-refractivity contribution in [1.82, 2.24) is 19.5 Å². The van der Waals surface area contributed by atoms with Gasteiger partial charge in [-0.1, -0.05) is 12.1 Å². The first-order valence-electron chi connectivity index (χ1n) is 10.7. The number of nitrogens with two attached hydrogens (primary N) is 2. The van der Waals surface area contributed by atoms with Crippen LogP contribution in [-0.4, -0.2) is 41.9 Å². The summed E-state index contributed by atoms with van der Waals surface area (Å²) in [5.41, 5.74) is 13.6. The lowest BCUT2D eigenvalue weighted by Crippen LogP contribution is -2.34. The summed E-state index contributed by atoms with van der Waals surface area (Å²) >= 11 is 0. The molecule has 2 aliphatic rings. The fourth-order valence-corrected chi connectivity index (χ4v) is 5.68. The van der Waals surface area contributed by atoms with Crippen LogP contribution in [0.2, 0.25) is 0 Å². The van der Waals surface area contributed by atoms with Crippen molar-refractivity contribution < 1.29 is 14.6 Å². The third-order valence-electron chi connectivity index (χ3n) is 7.46. The number of pyridine rings is 1. The van der Waals surface area contributed by atoms with Gasteiger partial charge < -0.3 is 26.2 Å². The number of aliphatic hydroxyl groups is 2. The normalized spacial score (nSPS) is 29.0. The minimum atomic E-state index is -0.887. The number of nitrogen functional groups attached to an aromatic ring is 2. The molecule has 3 heterocycles. The van der Waals surface area contributed by atoms with Crippen molar-refractivity contribution in [2.75, 3.05) is 11.5 Å². The minimum Gasteiger partial charge on any atom is -0.390 e. The van der Waals surface area contributed by atoms with Crippen LogP contribution in [0.3, 0.4) is 0 Å². The molecule has 1 aromatic carbocycles. The van der Waals surface area contributed by atoms with Gasteiger partial charge >= 0.3 is 0 Å². The SMILES string of the molecule is Nc1nc2cc(CC[C@@]34C[C@@H]3[C@@H](n3ccc5c(N)ncnc53)[C@H](O)[C@@H]4O)ccc2cc1F. The Morgan fingerprint density at radius 1 is 1.12 bits per heavy atom. The molecule has 2 saturated carbocycles. The first-order chi connectivity index (χ1) is 15.4. The summed E-state index contributed by atoms with van der Waals surface area (Å²) in [7, 11) is 0. The molecule has 164 valence electrons. The second-order valence-corrected chi connectivity index (χ2v) is 9.07. The Bertz CT molecular complexity index is 1370. The predicted molar refractivity (Wildman–Crippen MR) is 118 cm³/mol. The number of hydrogen-bond donors (Lipinski definition) is 4. The van der Waals surface area contributed by atoms with Crippen LogP contribution >= 0.6 is 0 Å². The maximum atomic E-state index is 13.7. The third kappa shape index (κ3) is 2.64. The van der Waals surface area contributed by atoms with E-state index < -0.39 is 18.0 Å². The highest BCUT2D eigenvalue weighted by atomic mass is 19.1. The lowest BCUT2D eigenvalue weighted by Gasteiger charge is -2.24. The summed E-state index contributed by atoms with van der Waals surface area (Å²) in [6.07, 6.45) is 3.84. The Labute approximate surface area is 182 Å². The van der Waals surface area contributed by atoms with E-state index in [1.54, 1.807) is 0 Å². The van der Waals surface area contributed by atoms with Crippen molar-refractivity contribution in [3.05, 3.63) is 54.2 Å². The van der Waals surface area contributed by atoms with E-state index in [0.717, 1.165) is 23.8 Å². The molecule has 6 rings (SSSR count). The number of aromatic nitrogens is 4. The van der Waals surface area contributed by atoms with E-state index in [4.69, 9.17) is 11.5 Å². The Morgan fingerprint density at radius 3 is 2.81 bits per heavy atom. The highest BCUT2D eigenvalue weighted by molar-refractivity contribution is 5.86. The van der Waals surface area contributed by atoms with Gasteiger partial charge in [0.1, 0.15) is 23.9 Å². The molecular formula is C23H23FN6O2. The van der Waals surface area contributed by atoms with Crippen LogP contribution < -0.4 is 11.5 Å². The molecule has 6 N–H and O–H groups in total. The van der Waals surface area contributed by atoms with Crippen molar-refractivity contribution in [1.29, 1.82) is 0 Å². The average Bonchev–Trinajstić information content (AvgIpc) is 3.27. The van der Waals surface area contributed by atoms with Gasteiger partial charge in [0.2, 0.25) is 0 Å². The number of hydrogen-bond acceptors (Lipinski definition) is 7. The maximum absolute atomic E-state index is 13.7. The number of aryl methyl sites for hydroxylation is 1. The highest BCUT2D eigenvalue weighted by Gasteiger charge is 2.70. The van der Waals surface area contributed by atoms with Crippen LogP contribution in [0.4, 0.5) is 16.0 Å². The molecule has 0 spiro atoms. The number of rotatable bonds is 4. The second kappa shape index (κ2) is 6.60. The number of halogens is 1. The third-order valence-corrected chi connectivity index (χ3v) is 7.46. The number of benzene rings is 1. The Hall–Kier alpha value is -3.30. The van der Waals surface area contributed by atoms with Crippen LogP contribution in [0.5, 0.6) is 0 Å². The summed E-state index contributed by atoms with van der Waals surface area (Å²) in [5, 5.41) is 23.3. The van der Waals surface area contributed by atoms with E-state index in [9.17, 15) is 14.6 Å². The molecule has 9 heteroatoms. The van der Waals surface area contributed by atoms with E-state index in [-0.39, 0.29) is 23.2 Å². The molecule has 32 heavy (non-hydrogen) atoms. The number of nitrogens with zero attached hydrogens (tertiary/aromatic N) is 4. The first-order valence-corrected chi connectivity index (χ1v) is 10.7. The Kier molecular flexibility index (Phi) is 4.00. The zero-order chi connectivity index (χ0) is 22.2. The minimum absolute atomic E-state index is 0.115. The van der Waals surface area contributed by atoms with Gasteiger partial charge in [0, 0.05) is 17.0 Å². The van der Waals surface area contributed by atoms with Crippen LogP contribution in [0, 0.1) is 17.2 Å². The second-order valence-electron chi connectivity index (χ2n) is 9.07. The van der Waals surface area contributed by atoms with E-state index in [1.807, 2.05) is 35.0 Å². The van der Waals surface area contributed by atoms with Crippen molar-refractivity contribution in [2.24, 2.45) is 11.3 Å². The van der Waals surface area contributed by atoms with Gasteiger partial charge in [-0.25, -0.2) is 19.3 Å². The molecule has 0 bridgehead atoms. The molecular weight excluding hydrogens is 411 g/mol. The summed E-state index contributed by atoms with van der Waals surface area (Å²) in [5.74, 6) is -0.100. The largest absolute Gasteiger partial charge is 0.390 e. The van der Waals surface area contributed by atoms with E-state index >= 15 is 0 Å². The topological polar surface area (TPSA) is 136 Å². The van der Waals surface area contributed by atoms with E-state index in [2.05, 4.69) is 15.0 Å². The molecule has 5 atom stereocenters. The molecule has 0 amide bonds. The Balaban J connectivity index is 1.26. The smallest absolute Gasteiger partial charge is 0.165 e. The predicted octanol–water partition coefficient (Wildman–Crippen LogP) is 2.20. The van der Waals surface area contributed by atoms with Gasteiger partial charge in [0.05, 0.1) is 23.0 Å². The van der Waals surface area contributed by atoms with Gasteiger partial charge in [0.15, 0.2) is 11.6 Å². The van der Waals surface area contributed by atoms with Crippen LogP contribution in [-0.2, 0) is 6.42 Å². The molecule has 2 aliphatic carbocycles.